The summed E-state index contributed by atoms with van der Waals surface area (Å²) in [5.74, 6) is 0.333. The molecule has 0 atom stereocenters. The number of ether oxygens (including phenoxy) is 1. The van der Waals surface area contributed by atoms with Gasteiger partial charge in [-0.3, -0.25) is 10.1 Å². The molecule has 3 aromatic rings. The highest BCUT2D eigenvalue weighted by molar-refractivity contribution is 5.81. The van der Waals surface area contributed by atoms with E-state index < -0.39 is 10.5 Å². The molecule has 0 unspecified atom stereocenters. The van der Waals surface area contributed by atoms with E-state index in [0.717, 1.165) is 10.9 Å². The molecule has 0 radical (unpaired) electrons. The molecule has 8 nitrogen and oxygen atoms in total. The summed E-state index contributed by atoms with van der Waals surface area (Å²) in [7, 11) is 1.56. The summed E-state index contributed by atoms with van der Waals surface area (Å²) in [4.78, 5) is 22.1. The molecular weight excluding hydrogens is 302 g/mol. The molecule has 2 aromatic heterocycles. The minimum absolute atomic E-state index is 0.0156. The number of nitrogens with zero attached hydrogens (tertiary/aromatic N) is 3. The molecule has 0 bridgehead atoms. The van der Waals surface area contributed by atoms with Gasteiger partial charge in [0.15, 0.2) is 0 Å². The van der Waals surface area contributed by atoms with Gasteiger partial charge in [0.2, 0.25) is 0 Å². The van der Waals surface area contributed by atoms with Crippen LogP contribution in [0.1, 0.15) is 11.3 Å². The molecule has 0 aliphatic carbocycles. The van der Waals surface area contributed by atoms with Crippen LogP contribution in [0.25, 0.3) is 11.0 Å². The van der Waals surface area contributed by atoms with E-state index in [1.54, 1.807) is 26.1 Å². The Bertz CT molecular complexity index is 987. The fourth-order valence-electron chi connectivity index (χ4n) is 2.43. The summed E-state index contributed by atoms with van der Waals surface area (Å²) in [5.41, 5.74) is 0.739. The SMILES string of the molecule is Cc1nn(C)c(Oc2ccc3c(C)cc(=O)oc3c2)c1[N+](=O)[O-]. The number of hydrogen-bond donors (Lipinski definition) is 0. The first-order valence-electron chi connectivity index (χ1n) is 6.77. The van der Waals surface area contributed by atoms with Gasteiger partial charge in [-0.25, -0.2) is 9.48 Å². The number of aryl methyl sites for hydroxylation is 3. The first-order chi connectivity index (χ1) is 10.9. The number of hydrogen-bond acceptors (Lipinski definition) is 6. The Hall–Kier alpha value is -3.16. The molecule has 0 amide bonds. The van der Waals surface area contributed by atoms with Crippen molar-refractivity contribution in [2.24, 2.45) is 7.05 Å². The molecule has 0 fully saturated rings. The average molecular weight is 315 g/mol. The molecule has 0 saturated carbocycles. The lowest BCUT2D eigenvalue weighted by Gasteiger charge is -2.06. The van der Waals surface area contributed by atoms with Crippen LogP contribution in [-0.2, 0) is 7.05 Å². The molecule has 0 aliphatic heterocycles. The van der Waals surface area contributed by atoms with Crippen molar-refractivity contribution in [1.82, 2.24) is 9.78 Å². The Kier molecular flexibility index (Phi) is 3.36. The average Bonchev–Trinajstić information content (AvgIpc) is 2.72. The smallest absolute Gasteiger partial charge is 0.353 e. The molecule has 118 valence electrons. The van der Waals surface area contributed by atoms with Gasteiger partial charge in [0.1, 0.15) is 17.0 Å². The molecule has 1 aromatic carbocycles. The van der Waals surface area contributed by atoms with Gasteiger partial charge >= 0.3 is 11.3 Å². The third-order valence-corrected chi connectivity index (χ3v) is 3.46. The molecule has 0 aliphatic rings. The van der Waals surface area contributed by atoms with E-state index in [4.69, 9.17) is 9.15 Å². The number of rotatable bonds is 3. The number of aromatic nitrogens is 2. The predicted octanol–water partition coefficient (Wildman–Crippen LogP) is 2.84. The quantitative estimate of drug-likeness (QED) is 0.418. The summed E-state index contributed by atoms with van der Waals surface area (Å²) in [6.07, 6.45) is 0. The first kappa shape index (κ1) is 14.8. The van der Waals surface area contributed by atoms with Crippen LogP contribution in [0.4, 0.5) is 5.69 Å². The molecule has 0 saturated heterocycles. The standard InChI is InChI=1S/C15H13N3O5/c1-8-6-13(19)23-12-7-10(4-5-11(8)12)22-15-14(18(20)21)9(2)16-17(15)3/h4-7H,1-3H3. The monoisotopic (exact) mass is 315 g/mol. The zero-order valence-electron chi connectivity index (χ0n) is 12.7. The highest BCUT2D eigenvalue weighted by Crippen LogP contribution is 2.34. The highest BCUT2D eigenvalue weighted by Gasteiger charge is 2.26. The normalized spacial score (nSPS) is 10.9. The van der Waals surface area contributed by atoms with Crippen molar-refractivity contribution in [3.63, 3.8) is 0 Å². The molecule has 0 N–H and O–H groups in total. The third kappa shape index (κ3) is 2.54. The minimum Gasteiger partial charge on any atom is -0.434 e. The van der Waals surface area contributed by atoms with Gasteiger partial charge in [-0.2, -0.15) is 5.10 Å². The lowest BCUT2D eigenvalue weighted by molar-refractivity contribution is -0.386. The van der Waals surface area contributed by atoms with Crippen LogP contribution < -0.4 is 10.4 Å². The summed E-state index contributed by atoms with van der Waals surface area (Å²) in [5, 5.41) is 15.9. The van der Waals surface area contributed by atoms with Crippen molar-refractivity contribution in [2.45, 2.75) is 13.8 Å². The second-order valence-corrected chi connectivity index (χ2v) is 5.13. The third-order valence-electron chi connectivity index (χ3n) is 3.46. The van der Waals surface area contributed by atoms with Gasteiger partial charge in [0.05, 0.1) is 4.92 Å². The van der Waals surface area contributed by atoms with Crippen molar-refractivity contribution in [3.05, 3.63) is 56.1 Å². The second kappa shape index (κ2) is 5.24. The van der Waals surface area contributed by atoms with Crippen LogP contribution in [0, 0.1) is 24.0 Å². The summed E-state index contributed by atoms with van der Waals surface area (Å²) < 4.78 is 12.0. The molecular formula is C15H13N3O5. The first-order valence-corrected chi connectivity index (χ1v) is 6.77. The maximum Gasteiger partial charge on any atom is 0.353 e. The predicted molar refractivity (Wildman–Crippen MR) is 81.9 cm³/mol. The molecule has 2 heterocycles. The van der Waals surface area contributed by atoms with Crippen LogP contribution in [0.15, 0.2) is 33.5 Å². The van der Waals surface area contributed by atoms with Crippen molar-refractivity contribution in [2.75, 3.05) is 0 Å². The van der Waals surface area contributed by atoms with Crippen molar-refractivity contribution in [3.8, 4) is 11.6 Å². The number of benzene rings is 1. The fraction of sp³-hybridized carbons (Fsp3) is 0.200. The fourth-order valence-corrected chi connectivity index (χ4v) is 2.43. The Labute approximate surface area is 130 Å². The van der Waals surface area contributed by atoms with Gasteiger partial charge in [0.25, 0.3) is 5.88 Å². The minimum atomic E-state index is -0.539. The highest BCUT2D eigenvalue weighted by atomic mass is 16.6. The van der Waals surface area contributed by atoms with Crippen molar-refractivity contribution in [1.29, 1.82) is 0 Å². The second-order valence-electron chi connectivity index (χ2n) is 5.13. The van der Waals surface area contributed by atoms with Gasteiger partial charge in [-0.05, 0) is 31.5 Å². The maximum absolute atomic E-state index is 11.5. The molecule has 0 spiro atoms. The van der Waals surface area contributed by atoms with Crippen LogP contribution in [-0.4, -0.2) is 14.7 Å². The van der Waals surface area contributed by atoms with E-state index in [2.05, 4.69) is 5.10 Å². The molecule has 23 heavy (non-hydrogen) atoms. The van der Waals surface area contributed by atoms with Gasteiger partial charge in [-0.15, -0.1) is 0 Å². The summed E-state index contributed by atoms with van der Waals surface area (Å²) >= 11 is 0. The van der Waals surface area contributed by atoms with Gasteiger partial charge in [0, 0.05) is 24.6 Å². The Morgan fingerprint density at radius 2 is 2.04 bits per heavy atom. The number of nitro groups is 1. The van der Waals surface area contributed by atoms with E-state index in [0.29, 0.717) is 11.3 Å². The summed E-state index contributed by atoms with van der Waals surface area (Å²) in [6, 6.07) is 6.31. The Balaban J connectivity index is 2.09. The van der Waals surface area contributed by atoms with E-state index in [-0.39, 0.29) is 17.3 Å². The number of fused-ring (bicyclic) bond motifs is 1. The largest absolute Gasteiger partial charge is 0.434 e. The van der Waals surface area contributed by atoms with E-state index in [1.807, 2.05) is 0 Å². The zero-order chi connectivity index (χ0) is 16.7. The van der Waals surface area contributed by atoms with Crippen LogP contribution in [0.2, 0.25) is 0 Å². The lowest BCUT2D eigenvalue weighted by Crippen LogP contribution is -1.99. The van der Waals surface area contributed by atoms with E-state index in [1.165, 1.54) is 23.7 Å². The van der Waals surface area contributed by atoms with Crippen LogP contribution in [0.3, 0.4) is 0 Å². The Morgan fingerprint density at radius 1 is 1.30 bits per heavy atom. The van der Waals surface area contributed by atoms with Gasteiger partial charge < -0.3 is 9.15 Å². The van der Waals surface area contributed by atoms with Crippen molar-refractivity contribution < 1.29 is 14.1 Å². The molecule has 8 heteroatoms. The van der Waals surface area contributed by atoms with Gasteiger partial charge in [-0.1, -0.05) is 0 Å². The van der Waals surface area contributed by atoms with Crippen LogP contribution in [0.5, 0.6) is 11.6 Å². The molecule has 3 rings (SSSR count). The zero-order valence-corrected chi connectivity index (χ0v) is 12.7. The van der Waals surface area contributed by atoms with E-state index in [9.17, 15) is 14.9 Å². The van der Waals surface area contributed by atoms with Crippen molar-refractivity contribution >= 4 is 16.7 Å². The Morgan fingerprint density at radius 3 is 2.74 bits per heavy atom. The topological polar surface area (TPSA) is 100 Å². The summed E-state index contributed by atoms with van der Waals surface area (Å²) in [6.45, 7) is 3.34. The lowest BCUT2D eigenvalue weighted by atomic mass is 10.1. The van der Waals surface area contributed by atoms with E-state index >= 15 is 0 Å². The van der Waals surface area contributed by atoms with Crippen LogP contribution >= 0.6 is 0 Å². The maximum atomic E-state index is 11.5.